The molecular weight excluding hydrogens is 319 g/mol. The summed E-state index contributed by atoms with van der Waals surface area (Å²) in [6.45, 7) is 4.83. The largest absolute Gasteiger partial charge is 0.327 e. The molecule has 0 aliphatic rings. The van der Waals surface area contributed by atoms with Gasteiger partial charge in [0.1, 0.15) is 11.6 Å². The second-order valence-electron chi connectivity index (χ2n) is 4.35. The maximum Gasteiger partial charge on any atom is 0.139 e. The Hall–Kier alpha value is -0.610. The van der Waals surface area contributed by atoms with E-state index >= 15 is 0 Å². The monoisotopic (exact) mass is 332 g/mol. The van der Waals surface area contributed by atoms with Gasteiger partial charge in [0.15, 0.2) is 0 Å². The molecule has 0 aliphatic heterocycles. The molecule has 2 aromatic rings. The third-order valence-electron chi connectivity index (χ3n) is 2.91. The molecule has 0 saturated heterocycles. The summed E-state index contributed by atoms with van der Waals surface area (Å²) in [6, 6.07) is 3.22. The molecule has 0 bridgehead atoms. The molecule has 1 heterocycles. The number of hydrogen-bond acceptors (Lipinski definition) is 1. The number of rotatable bonds is 4. The van der Waals surface area contributed by atoms with Crippen molar-refractivity contribution in [3.63, 3.8) is 0 Å². The quantitative estimate of drug-likeness (QED) is 0.717. The number of unbranched alkanes of at least 4 members (excludes halogenated alkanes) is 1. The Morgan fingerprint density at radius 1 is 1.50 bits per heavy atom. The first-order chi connectivity index (χ1) is 8.54. The molecule has 0 radical (unpaired) electrons. The molecule has 0 fully saturated rings. The first-order valence-corrected chi connectivity index (χ1v) is 7.26. The minimum atomic E-state index is -0.270. The van der Waals surface area contributed by atoms with Gasteiger partial charge >= 0.3 is 0 Å². The third kappa shape index (κ3) is 2.54. The second-order valence-corrected chi connectivity index (χ2v) is 5.86. The van der Waals surface area contributed by atoms with Crippen molar-refractivity contribution in [2.75, 3.05) is 0 Å². The summed E-state index contributed by atoms with van der Waals surface area (Å²) in [5.74, 6) is 0.534. The highest BCUT2D eigenvalue weighted by Gasteiger charge is 2.16. The van der Waals surface area contributed by atoms with Gasteiger partial charge < -0.3 is 4.57 Å². The van der Waals surface area contributed by atoms with E-state index in [1.54, 1.807) is 6.07 Å². The zero-order chi connectivity index (χ0) is 13.3. The lowest BCUT2D eigenvalue weighted by molar-refractivity contribution is 0.607. The summed E-state index contributed by atoms with van der Waals surface area (Å²) in [4.78, 5) is 4.50. The first-order valence-electron chi connectivity index (χ1n) is 6.03. The van der Waals surface area contributed by atoms with Crippen molar-refractivity contribution in [1.82, 2.24) is 9.55 Å². The van der Waals surface area contributed by atoms with Crippen LogP contribution in [0.2, 0.25) is 0 Å². The number of halogens is 3. The van der Waals surface area contributed by atoms with Gasteiger partial charge in [0, 0.05) is 12.6 Å². The van der Waals surface area contributed by atoms with Gasteiger partial charge in [-0.3, -0.25) is 0 Å². The van der Waals surface area contributed by atoms with Crippen molar-refractivity contribution < 1.29 is 4.39 Å². The predicted molar refractivity (Wildman–Crippen MR) is 76.6 cm³/mol. The number of fused-ring (bicyclic) bond motifs is 1. The van der Waals surface area contributed by atoms with Crippen LogP contribution < -0.4 is 0 Å². The lowest BCUT2D eigenvalue weighted by Gasteiger charge is -2.09. The molecule has 1 aromatic carbocycles. The highest BCUT2D eigenvalue weighted by Crippen LogP contribution is 2.28. The minimum absolute atomic E-state index is 0.184. The summed E-state index contributed by atoms with van der Waals surface area (Å²) in [5.41, 5.74) is 1.59. The average Bonchev–Trinajstić information content (AvgIpc) is 2.65. The van der Waals surface area contributed by atoms with Gasteiger partial charge in [-0.1, -0.05) is 13.3 Å². The Bertz CT molecular complexity index is 566. The molecule has 0 aliphatic carbocycles. The molecule has 98 valence electrons. The van der Waals surface area contributed by atoms with Gasteiger partial charge in [-0.25, -0.2) is 9.37 Å². The lowest BCUT2D eigenvalue weighted by atomic mass is 10.3. The van der Waals surface area contributed by atoms with Crippen LogP contribution in [0.1, 0.15) is 37.9 Å². The molecule has 2 nitrogen and oxygen atoms in total. The maximum absolute atomic E-state index is 13.6. The molecule has 18 heavy (non-hydrogen) atoms. The molecule has 0 amide bonds. The van der Waals surface area contributed by atoms with Crippen molar-refractivity contribution in [2.24, 2.45) is 0 Å². The Balaban J connectivity index is 2.61. The lowest BCUT2D eigenvalue weighted by Crippen LogP contribution is -2.04. The van der Waals surface area contributed by atoms with Gasteiger partial charge in [0.2, 0.25) is 0 Å². The number of aryl methyl sites for hydroxylation is 1. The van der Waals surface area contributed by atoms with Crippen molar-refractivity contribution in [3.05, 3.63) is 28.2 Å². The van der Waals surface area contributed by atoms with E-state index in [2.05, 4.69) is 27.8 Å². The smallest absolute Gasteiger partial charge is 0.139 e. The molecule has 0 N–H and O–H groups in total. The number of aromatic nitrogens is 2. The summed E-state index contributed by atoms with van der Waals surface area (Å²) < 4.78 is 16.1. The molecule has 5 heteroatoms. The van der Waals surface area contributed by atoms with Crippen molar-refractivity contribution in [2.45, 2.75) is 38.6 Å². The van der Waals surface area contributed by atoms with Crippen LogP contribution in [0.15, 0.2) is 16.6 Å². The molecule has 0 spiro atoms. The van der Waals surface area contributed by atoms with Crippen LogP contribution in [-0.2, 0) is 6.54 Å². The van der Waals surface area contributed by atoms with E-state index in [9.17, 15) is 4.39 Å². The SMILES string of the molecule is CCCCn1c(C(C)Cl)nc2cc(Br)c(F)cc21. The maximum atomic E-state index is 13.6. The van der Waals surface area contributed by atoms with Crippen LogP contribution in [0.4, 0.5) is 4.39 Å². The van der Waals surface area contributed by atoms with E-state index in [4.69, 9.17) is 11.6 Å². The Morgan fingerprint density at radius 3 is 2.83 bits per heavy atom. The van der Waals surface area contributed by atoms with E-state index in [1.807, 2.05) is 11.5 Å². The van der Waals surface area contributed by atoms with Crippen LogP contribution in [0.25, 0.3) is 11.0 Å². The van der Waals surface area contributed by atoms with E-state index < -0.39 is 0 Å². The van der Waals surface area contributed by atoms with Crippen LogP contribution in [0.3, 0.4) is 0 Å². The Labute approximate surface area is 119 Å². The van der Waals surface area contributed by atoms with Gasteiger partial charge in [-0.05, 0) is 35.3 Å². The Morgan fingerprint density at radius 2 is 2.22 bits per heavy atom. The van der Waals surface area contributed by atoms with Gasteiger partial charge in [0.25, 0.3) is 0 Å². The van der Waals surface area contributed by atoms with Gasteiger partial charge in [-0.2, -0.15) is 0 Å². The fourth-order valence-corrected chi connectivity index (χ4v) is 2.49. The first kappa shape index (κ1) is 13.8. The van der Waals surface area contributed by atoms with Crippen molar-refractivity contribution >= 4 is 38.6 Å². The summed E-state index contributed by atoms with van der Waals surface area (Å²) in [5, 5.41) is -0.184. The predicted octanol–water partition coefficient (Wildman–Crippen LogP) is 5.04. The summed E-state index contributed by atoms with van der Waals surface area (Å²) in [7, 11) is 0. The van der Waals surface area contributed by atoms with Crippen molar-refractivity contribution in [1.29, 1.82) is 0 Å². The molecule has 2 rings (SSSR count). The fourth-order valence-electron chi connectivity index (χ4n) is 1.99. The number of alkyl halides is 1. The van der Waals surface area contributed by atoms with E-state index in [0.717, 1.165) is 36.2 Å². The Kier molecular flexibility index (Phi) is 4.28. The standard InChI is InChI=1S/C13H15BrClFN2/c1-3-4-5-18-12-7-10(16)9(14)6-11(12)17-13(18)8(2)15/h6-8H,3-5H2,1-2H3. The highest BCUT2D eigenvalue weighted by atomic mass is 79.9. The van der Waals surface area contributed by atoms with Crippen LogP contribution in [-0.4, -0.2) is 9.55 Å². The summed E-state index contributed by atoms with van der Waals surface area (Å²) >= 11 is 9.33. The molecule has 1 unspecified atom stereocenters. The summed E-state index contributed by atoms with van der Waals surface area (Å²) in [6.07, 6.45) is 2.11. The molecular formula is C13H15BrClFN2. The zero-order valence-corrected chi connectivity index (χ0v) is 12.7. The second kappa shape index (κ2) is 5.57. The number of nitrogens with zero attached hydrogens (tertiary/aromatic N) is 2. The molecule has 1 atom stereocenters. The topological polar surface area (TPSA) is 17.8 Å². The molecule has 0 saturated carbocycles. The highest BCUT2D eigenvalue weighted by molar-refractivity contribution is 9.10. The average molecular weight is 334 g/mol. The minimum Gasteiger partial charge on any atom is -0.327 e. The van der Waals surface area contributed by atoms with E-state index in [0.29, 0.717) is 4.47 Å². The van der Waals surface area contributed by atoms with Gasteiger partial charge in [-0.15, -0.1) is 11.6 Å². The van der Waals surface area contributed by atoms with Gasteiger partial charge in [0.05, 0.1) is 20.9 Å². The van der Waals surface area contributed by atoms with E-state index in [-0.39, 0.29) is 11.2 Å². The van der Waals surface area contributed by atoms with Crippen LogP contribution in [0.5, 0.6) is 0 Å². The fraction of sp³-hybridized carbons (Fsp3) is 0.462. The van der Waals surface area contributed by atoms with Crippen LogP contribution in [0, 0.1) is 5.82 Å². The van der Waals surface area contributed by atoms with E-state index in [1.165, 1.54) is 6.07 Å². The normalized spacial score (nSPS) is 13.2. The zero-order valence-electron chi connectivity index (χ0n) is 10.4. The molecule has 1 aromatic heterocycles. The number of imidazole rings is 1. The third-order valence-corrected chi connectivity index (χ3v) is 3.71. The number of benzene rings is 1. The van der Waals surface area contributed by atoms with Crippen LogP contribution >= 0.6 is 27.5 Å². The number of hydrogen-bond donors (Lipinski definition) is 0. The van der Waals surface area contributed by atoms with Crippen molar-refractivity contribution in [3.8, 4) is 0 Å².